The molecule has 4 heteroatoms. The Morgan fingerprint density at radius 1 is 1.10 bits per heavy atom. The molecule has 112 valence electrons. The monoisotopic (exact) mass is 276 g/mol. The Balaban J connectivity index is 2.12. The summed E-state index contributed by atoms with van der Waals surface area (Å²) in [6.45, 7) is 7.38. The molecule has 0 aromatic carbocycles. The molecule has 1 aromatic heterocycles. The topological polar surface area (TPSA) is 49.8 Å². The normalized spacial score (nSPS) is 22.6. The van der Waals surface area contributed by atoms with Gasteiger partial charge >= 0.3 is 0 Å². The first-order valence-corrected chi connectivity index (χ1v) is 8.15. The van der Waals surface area contributed by atoms with Crippen molar-refractivity contribution in [2.24, 2.45) is 5.92 Å². The van der Waals surface area contributed by atoms with Gasteiger partial charge in [-0.15, -0.1) is 0 Å². The van der Waals surface area contributed by atoms with Gasteiger partial charge in [-0.3, -0.25) is 0 Å². The zero-order valence-electron chi connectivity index (χ0n) is 13.1. The van der Waals surface area contributed by atoms with Crippen LogP contribution in [0.2, 0.25) is 0 Å². The third kappa shape index (κ3) is 3.84. The molecule has 2 atom stereocenters. The number of aromatic nitrogens is 2. The van der Waals surface area contributed by atoms with Crippen LogP contribution in [0.5, 0.6) is 0 Å². The molecule has 2 N–H and O–H groups in total. The van der Waals surface area contributed by atoms with Gasteiger partial charge in [-0.05, 0) is 25.7 Å². The molecule has 2 rings (SSSR count). The predicted octanol–water partition coefficient (Wildman–Crippen LogP) is 3.85. The second kappa shape index (κ2) is 7.46. The van der Waals surface area contributed by atoms with E-state index in [-0.39, 0.29) is 0 Å². The van der Waals surface area contributed by atoms with Crippen molar-refractivity contribution in [2.45, 2.75) is 65.3 Å². The Kier molecular flexibility index (Phi) is 5.62. The maximum atomic E-state index is 4.63. The predicted molar refractivity (Wildman–Crippen MR) is 85.2 cm³/mol. The van der Waals surface area contributed by atoms with Crippen LogP contribution in [-0.2, 0) is 6.42 Å². The number of anilines is 2. The lowest BCUT2D eigenvalue weighted by atomic mass is 9.83. The third-order valence-corrected chi connectivity index (χ3v) is 4.21. The molecule has 1 aliphatic rings. The standard InChI is InChI=1S/C16H28N4/c1-4-12-9-7-8-10-13(12)18-16-11-15(17-6-3)19-14(5-2)20-16/h11-13H,4-10H2,1-3H3,(H2,17,18,19,20). The van der Waals surface area contributed by atoms with Crippen LogP contribution < -0.4 is 10.6 Å². The van der Waals surface area contributed by atoms with E-state index >= 15 is 0 Å². The lowest BCUT2D eigenvalue weighted by Gasteiger charge is -2.32. The molecule has 0 amide bonds. The Labute approximate surface area is 122 Å². The van der Waals surface area contributed by atoms with E-state index in [4.69, 9.17) is 0 Å². The van der Waals surface area contributed by atoms with Gasteiger partial charge in [-0.25, -0.2) is 9.97 Å². The molecule has 0 spiro atoms. The van der Waals surface area contributed by atoms with E-state index in [1.54, 1.807) is 0 Å². The molecule has 20 heavy (non-hydrogen) atoms. The van der Waals surface area contributed by atoms with Crippen LogP contribution in [0.1, 0.15) is 58.7 Å². The molecule has 1 aromatic rings. The summed E-state index contributed by atoms with van der Waals surface area (Å²) in [5.41, 5.74) is 0. The van der Waals surface area contributed by atoms with Gasteiger partial charge in [0.05, 0.1) is 0 Å². The highest BCUT2D eigenvalue weighted by atomic mass is 15.1. The quantitative estimate of drug-likeness (QED) is 0.828. The fraction of sp³-hybridized carbons (Fsp3) is 0.750. The molecule has 1 aliphatic carbocycles. The molecule has 0 bridgehead atoms. The molecular formula is C16H28N4. The number of nitrogens with one attached hydrogen (secondary N) is 2. The minimum atomic E-state index is 0.572. The molecule has 1 heterocycles. The smallest absolute Gasteiger partial charge is 0.132 e. The van der Waals surface area contributed by atoms with Crippen LogP contribution >= 0.6 is 0 Å². The zero-order chi connectivity index (χ0) is 14.4. The first-order chi connectivity index (χ1) is 9.76. The van der Waals surface area contributed by atoms with Gasteiger partial charge in [0.25, 0.3) is 0 Å². The minimum absolute atomic E-state index is 0.572. The van der Waals surface area contributed by atoms with Gasteiger partial charge in [-0.2, -0.15) is 0 Å². The maximum Gasteiger partial charge on any atom is 0.132 e. The second-order valence-corrected chi connectivity index (χ2v) is 5.64. The average Bonchev–Trinajstić information content (AvgIpc) is 2.48. The fourth-order valence-corrected chi connectivity index (χ4v) is 3.08. The van der Waals surface area contributed by atoms with Crippen molar-refractivity contribution >= 4 is 11.6 Å². The van der Waals surface area contributed by atoms with E-state index in [0.29, 0.717) is 6.04 Å². The van der Waals surface area contributed by atoms with Crippen LogP contribution in [0, 0.1) is 5.92 Å². The first kappa shape index (κ1) is 15.1. The van der Waals surface area contributed by atoms with Gasteiger partial charge in [0.1, 0.15) is 17.5 Å². The van der Waals surface area contributed by atoms with E-state index in [9.17, 15) is 0 Å². The number of hydrogen-bond acceptors (Lipinski definition) is 4. The van der Waals surface area contributed by atoms with Crippen LogP contribution in [0.4, 0.5) is 11.6 Å². The molecule has 1 fully saturated rings. The Hall–Kier alpha value is -1.32. The Morgan fingerprint density at radius 3 is 2.55 bits per heavy atom. The molecular weight excluding hydrogens is 248 g/mol. The van der Waals surface area contributed by atoms with Crippen molar-refractivity contribution in [1.82, 2.24) is 9.97 Å². The number of rotatable bonds is 6. The highest BCUT2D eigenvalue weighted by molar-refractivity contribution is 5.48. The van der Waals surface area contributed by atoms with Gasteiger partial charge in [-0.1, -0.05) is 33.1 Å². The molecule has 0 aliphatic heterocycles. The van der Waals surface area contributed by atoms with Crippen LogP contribution in [0.15, 0.2) is 6.07 Å². The Morgan fingerprint density at radius 2 is 1.85 bits per heavy atom. The van der Waals surface area contributed by atoms with E-state index in [2.05, 4.69) is 41.4 Å². The van der Waals surface area contributed by atoms with Crippen molar-refractivity contribution in [2.75, 3.05) is 17.2 Å². The number of nitrogens with zero attached hydrogens (tertiary/aromatic N) is 2. The molecule has 4 nitrogen and oxygen atoms in total. The summed E-state index contributed by atoms with van der Waals surface area (Å²) in [4.78, 5) is 9.15. The highest BCUT2D eigenvalue weighted by Gasteiger charge is 2.23. The molecule has 2 unspecified atom stereocenters. The van der Waals surface area contributed by atoms with Crippen molar-refractivity contribution < 1.29 is 0 Å². The summed E-state index contributed by atoms with van der Waals surface area (Å²) >= 11 is 0. The summed E-state index contributed by atoms with van der Waals surface area (Å²) in [5, 5.41) is 6.96. The largest absolute Gasteiger partial charge is 0.370 e. The summed E-state index contributed by atoms with van der Waals surface area (Å²) in [5.74, 6) is 3.62. The van der Waals surface area contributed by atoms with Gasteiger partial charge < -0.3 is 10.6 Å². The van der Waals surface area contributed by atoms with E-state index in [1.165, 1.54) is 32.1 Å². The lowest BCUT2D eigenvalue weighted by molar-refractivity contribution is 0.317. The number of aryl methyl sites for hydroxylation is 1. The molecule has 0 radical (unpaired) electrons. The molecule has 0 saturated heterocycles. The van der Waals surface area contributed by atoms with Crippen LogP contribution in [0.25, 0.3) is 0 Å². The van der Waals surface area contributed by atoms with Gasteiger partial charge in [0.2, 0.25) is 0 Å². The van der Waals surface area contributed by atoms with E-state index in [0.717, 1.165) is 36.3 Å². The zero-order valence-corrected chi connectivity index (χ0v) is 13.1. The van der Waals surface area contributed by atoms with Crippen molar-refractivity contribution in [3.63, 3.8) is 0 Å². The highest BCUT2D eigenvalue weighted by Crippen LogP contribution is 2.29. The summed E-state index contributed by atoms with van der Waals surface area (Å²) < 4.78 is 0. The van der Waals surface area contributed by atoms with E-state index < -0.39 is 0 Å². The summed E-state index contributed by atoms with van der Waals surface area (Å²) in [6, 6.07) is 2.62. The van der Waals surface area contributed by atoms with Crippen molar-refractivity contribution in [3.8, 4) is 0 Å². The van der Waals surface area contributed by atoms with Crippen molar-refractivity contribution in [1.29, 1.82) is 0 Å². The minimum Gasteiger partial charge on any atom is -0.370 e. The van der Waals surface area contributed by atoms with Crippen molar-refractivity contribution in [3.05, 3.63) is 11.9 Å². The maximum absolute atomic E-state index is 4.63. The fourth-order valence-electron chi connectivity index (χ4n) is 3.08. The van der Waals surface area contributed by atoms with Gasteiger partial charge in [0, 0.05) is 25.1 Å². The average molecular weight is 276 g/mol. The SMILES string of the molecule is CCNc1cc(NC2CCCCC2CC)nc(CC)n1. The Bertz CT molecular complexity index is 419. The van der Waals surface area contributed by atoms with Crippen LogP contribution in [0.3, 0.4) is 0 Å². The van der Waals surface area contributed by atoms with Crippen LogP contribution in [-0.4, -0.2) is 22.6 Å². The first-order valence-electron chi connectivity index (χ1n) is 8.15. The lowest BCUT2D eigenvalue weighted by Crippen LogP contribution is -2.32. The summed E-state index contributed by atoms with van der Waals surface area (Å²) in [7, 11) is 0. The molecule has 1 saturated carbocycles. The third-order valence-electron chi connectivity index (χ3n) is 4.21. The second-order valence-electron chi connectivity index (χ2n) is 5.64. The summed E-state index contributed by atoms with van der Waals surface area (Å²) in [6.07, 6.45) is 7.45. The van der Waals surface area contributed by atoms with Gasteiger partial charge in [0.15, 0.2) is 0 Å². The van der Waals surface area contributed by atoms with E-state index in [1.807, 2.05) is 6.07 Å². The number of hydrogen-bond donors (Lipinski definition) is 2.